The molecule has 1 aromatic carbocycles. The summed E-state index contributed by atoms with van der Waals surface area (Å²) in [6, 6.07) is 5.53. The van der Waals surface area contributed by atoms with Gasteiger partial charge in [-0.15, -0.1) is 0 Å². The van der Waals surface area contributed by atoms with Crippen LogP contribution in [0.2, 0.25) is 5.02 Å². The zero-order valence-electron chi connectivity index (χ0n) is 11.8. The van der Waals surface area contributed by atoms with E-state index in [0.717, 1.165) is 17.9 Å². The van der Waals surface area contributed by atoms with Crippen molar-refractivity contribution in [3.8, 4) is 5.75 Å². The molecule has 3 rings (SSSR count). The first kappa shape index (κ1) is 14.2. The molecule has 4 atom stereocenters. The number of benzene rings is 1. The third kappa shape index (κ3) is 2.03. The molecule has 4 unspecified atom stereocenters. The Labute approximate surface area is 125 Å². The van der Waals surface area contributed by atoms with Crippen molar-refractivity contribution in [3.63, 3.8) is 0 Å². The minimum Gasteiger partial charge on any atom is -0.495 e. The van der Waals surface area contributed by atoms with Gasteiger partial charge in [0.25, 0.3) is 0 Å². The van der Waals surface area contributed by atoms with Gasteiger partial charge in [0.2, 0.25) is 0 Å². The number of ether oxygens (including phenoxy) is 1. The molecule has 2 aliphatic carbocycles. The molecule has 2 fully saturated rings. The average molecular weight is 296 g/mol. The van der Waals surface area contributed by atoms with Gasteiger partial charge in [0, 0.05) is 12.0 Å². The van der Waals surface area contributed by atoms with Crippen molar-refractivity contribution >= 4 is 11.6 Å². The van der Waals surface area contributed by atoms with Crippen LogP contribution in [0.15, 0.2) is 18.2 Å². The lowest BCUT2D eigenvalue weighted by Crippen LogP contribution is -2.41. The van der Waals surface area contributed by atoms with Crippen molar-refractivity contribution in [2.24, 2.45) is 23.0 Å². The number of aliphatic hydroxyl groups excluding tert-OH is 1. The van der Waals surface area contributed by atoms with Gasteiger partial charge in [-0.3, -0.25) is 0 Å². The molecule has 0 radical (unpaired) electrons. The van der Waals surface area contributed by atoms with Gasteiger partial charge >= 0.3 is 0 Å². The van der Waals surface area contributed by atoms with E-state index in [4.69, 9.17) is 22.1 Å². The van der Waals surface area contributed by atoms with E-state index in [1.54, 1.807) is 7.11 Å². The van der Waals surface area contributed by atoms with Gasteiger partial charge < -0.3 is 15.6 Å². The van der Waals surface area contributed by atoms with E-state index < -0.39 is 6.10 Å². The highest BCUT2D eigenvalue weighted by atomic mass is 35.5. The summed E-state index contributed by atoms with van der Waals surface area (Å²) in [6.45, 7) is 0.541. The minimum atomic E-state index is -0.536. The van der Waals surface area contributed by atoms with Crippen molar-refractivity contribution in [1.29, 1.82) is 0 Å². The zero-order valence-corrected chi connectivity index (χ0v) is 12.6. The fourth-order valence-corrected chi connectivity index (χ4v) is 4.63. The number of aliphatic hydroxyl groups is 1. The van der Waals surface area contributed by atoms with Gasteiger partial charge in [-0.1, -0.05) is 24.1 Å². The number of hydrogen-bond acceptors (Lipinski definition) is 3. The van der Waals surface area contributed by atoms with Crippen LogP contribution in [0, 0.1) is 17.3 Å². The Hall–Kier alpha value is -0.770. The van der Waals surface area contributed by atoms with Crippen LogP contribution in [0.5, 0.6) is 5.75 Å². The van der Waals surface area contributed by atoms with E-state index in [0.29, 0.717) is 23.2 Å². The fourth-order valence-electron chi connectivity index (χ4n) is 4.37. The Kier molecular flexibility index (Phi) is 3.69. The first-order valence-corrected chi connectivity index (χ1v) is 7.70. The molecule has 0 amide bonds. The summed E-state index contributed by atoms with van der Waals surface area (Å²) in [5.41, 5.74) is 6.76. The molecule has 2 bridgehead atoms. The van der Waals surface area contributed by atoms with Crippen molar-refractivity contribution in [2.45, 2.75) is 31.8 Å². The maximum Gasteiger partial charge on any atom is 0.137 e. The third-order valence-corrected chi connectivity index (χ3v) is 5.73. The van der Waals surface area contributed by atoms with Crippen molar-refractivity contribution in [3.05, 3.63) is 28.8 Å². The Morgan fingerprint density at radius 3 is 2.80 bits per heavy atom. The van der Waals surface area contributed by atoms with Crippen LogP contribution in [0.1, 0.15) is 37.4 Å². The lowest BCUT2D eigenvalue weighted by Gasteiger charge is -2.41. The number of halogens is 1. The number of rotatable bonds is 4. The average Bonchev–Trinajstić information content (AvgIpc) is 3.07. The van der Waals surface area contributed by atoms with Crippen LogP contribution in [-0.4, -0.2) is 18.8 Å². The van der Waals surface area contributed by atoms with E-state index in [1.807, 2.05) is 18.2 Å². The third-order valence-electron chi connectivity index (χ3n) is 5.44. The van der Waals surface area contributed by atoms with Crippen molar-refractivity contribution in [1.82, 2.24) is 0 Å². The second-order valence-corrected chi connectivity index (χ2v) is 6.72. The summed E-state index contributed by atoms with van der Waals surface area (Å²) < 4.78 is 5.17. The molecule has 0 spiro atoms. The highest BCUT2D eigenvalue weighted by Crippen LogP contribution is 2.60. The molecule has 0 aliphatic heterocycles. The molecule has 3 N–H and O–H groups in total. The maximum atomic E-state index is 10.9. The molecule has 1 aromatic rings. The van der Waals surface area contributed by atoms with Crippen LogP contribution >= 0.6 is 11.6 Å². The summed E-state index contributed by atoms with van der Waals surface area (Å²) in [7, 11) is 1.59. The van der Waals surface area contributed by atoms with Crippen LogP contribution in [0.4, 0.5) is 0 Å². The first-order valence-electron chi connectivity index (χ1n) is 7.32. The summed E-state index contributed by atoms with van der Waals surface area (Å²) in [5.74, 6) is 1.93. The predicted molar refractivity (Wildman–Crippen MR) is 79.9 cm³/mol. The first-order chi connectivity index (χ1) is 9.60. The summed E-state index contributed by atoms with van der Waals surface area (Å²) in [5, 5.41) is 11.4. The highest BCUT2D eigenvalue weighted by Gasteiger charge is 2.54. The van der Waals surface area contributed by atoms with Crippen LogP contribution < -0.4 is 10.5 Å². The lowest BCUT2D eigenvalue weighted by atomic mass is 9.67. The molecule has 2 aliphatic rings. The Balaban J connectivity index is 1.91. The molecule has 4 heteroatoms. The van der Waals surface area contributed by atoms with Gasteiger partial charge in [0.05, 0.1) is 18.2 Å². The minimum absolute atomic E-state index is 0.166. The smallest absolute Gasteiger partial charge is 0.137 e. The van der Waals surface area contributed by atoms with E-state index in [1.165, 1.54) is 19.3 Å². The lowest BCUT2D eigenvalue weighted by molar-refractivity contribution is -0.0130. The van der Waals surface area contributed by atoms with Crippen LogP contribution in [-0.2, 0) is 0 Å². The summed E-state index contributed by atoms with van der Waals surface area (Å²) >= 11 is 6.18. The van der Waals surface area contributed by atoms with Crippen molar-refractivity contribution in [2.75, 3.05) is 13.7 Å². The molecular formula is C16H22ClNO2. The predicted octanol–water partition coefficient (Wildman–Crippen LogP) is 3.15. The van der Waals surface area contributed by atoms with Crippen molar-refractivity contribution < 1.29 is 9.84 Å². The van der Waals surface area contributed by atoms with Gasteiger partial charge in [0.15, 0.2) is 0 Å². The standard InChI is InChI=1S/C16H22ClNO2/c1-20-14-5-3-11(7-13(14)17)15(19)16(9-18)8-10-2-4-12(16)6-10/h3,5,7,10,12,15,19H,2,4,6,8-9,18H2,1H3. The topological polar surface area (TPSA) is 55.5 Å². The summed E-state index contributed by atoms with van der Waals surface area (Å²) in [6.07, 6.45) is 4.22. The zero-order chi connectivity index (χ0) is 14.3. The molecular weight excluding hydrogens is 274 g/mol. The molecule has 2 saturated carbocycles. The fraction of sp³-hybridized carbons (Fsp3) is 0.625. The van der Waals surface area contributed by atoms with Gasteiger partial charge in [0.1, 0.15) is 5.75 Å². The molecule has 0 aromatic heterocycles. The van der Waals surface area contributed by atoms with E-state index >= 15 is 0 Å². The van der Waals surface area contributed by atoms with Gasteiger partial charge in [-0.25, -0.2) is 0 Å². The summed E-state index contributed by atoms with van der Waals surface area (Å²) in [4.78, 5) is 0. The second-order valence-electron chi connectivity index (χ2n) is 6.31. The molecule has 20 heavy (non-hydrogen) atoms. The number of fused-ring (bicyclic) bond motifs is 2. The molecule has 3 nitrogen and oxygen atoms in total. The van der Waals surface area contributed by atoms with Gasteiger partial charge in [-0.05, 0) is 48.8 Å². The Morgan fingerprint density at radius 2 is 2.30 bits per heavy atom. The number of hydrogen-bond donors (Lipinski definition) is 2. The van der Waals surface area contributed by atoms with Crippen LogP contribution in [0.3, 0.4) is 0 Å². The van der Waals surface area contributed by atoms with E-state index in [9.17, 15) is 5.11 Å². The van der Waals surface area contributed by atoms with E-state index in [-0.39, 0.29) is 5.41 Å². The highest BCUT2D eigenvalue weighted by molar-refractivity contribution is 6.32. The Morgan fingerprint density at radius 1 is 1.50 bits per heavy atom. The monoisotopic (exact) mass is 295 g/mol. The maximum absolute atomic E-state index is 10.9. The normalized spacial score (nSPS) is 33.4. The SMILES string of the molecule is COc1ccc(C(O)C2(CN)CC3CCC2C3)cc1Cl. The quantitative estimate of drug-likeness (QED) is 0.897. The number of nitrogens with two attached hydrogens (primary N) is 1. The molecule has 0 heterocycles. The Bertz CT molecular complexity index is 507. The second kappa shape index (κ2) is 5.21. The number of methoxy groups -OCH3 is 1. The largest absolute Gasteiger partial charge is 0.495 e. The van der Waals surface area contributed by atoms with Crippen LogP contribution in [0.25, 0.3) is 0 Å². The molecule has 110 valence electrons. The molecule has 0 saturated heterocycles. The van der Waals surface area contributed by atoms with Gasteiger partial charge in [-0.2, -0.15) is 0 Å². The van der Waals surface area contributed by atoms with E-state index in [2.05, 4.69) is 0 Å².